The van der Waals surface area contributed by atoms with Gasteiger partial charge in [-0.15, -0.1) is 0 Å². The normalized spacial score (nSPS) is 44.4. The van der Waals surface area contributed by atoms with Crippen molar-refractivity contribution in [2.24, 2.45) is 44.3 Å². The highest BCUT2D eigenvalue weighted by Crippen LogP contribution is 2.71. The Morgan fingerprint density at radius 3 is 2.19 bits per heavy atom. The number of carbonyl (C=O) groups is 2. The van der Waals surface area contributed by atoms with E-state index in [-0.39, 0.29) is 44.7 Å². The molecule has 0 aromatic heterocycles. The van der Waals surface area contributed by atoms with Gasteiger partial charge in [0.25, 0.3) is 0 Å². The van der Waals surface area contributed by atoms with Gasteiger partial charge in [0, 0.05) is 10.8 Å². The molecule has 0 N–H and O–H groups in total. The smallest absolute Gasteiger partial charge is 0.178 e. The minimum Gasteiger partial charge on any atom is -0.295 e. The lowest BCUT2D eigenvalue weighted by atomic mass is 9.39. The molecular weight excluding hydrogens is 444 g/mol. The highest BCUT2D eigenvalue weighted by Gasteiger charge is 2.64. The minimum atomic E-state index is -0.664. The van der Waals surface area contributed by atoms with Crippen LogP contribution < -0.4 is 0 Å². The van der Waals surface area contributed by atoms with E-state index in [2.05, 4.69) is 46.8 Å². The first-order valence-electron chi connectivity index (χ1n) is 13.8. The summed E-state index contributed by atoms with van der Waals surface area (Å²) in [5.41, 5.74) is -0.220. The number of nitriles is 2. The van der Waals surface area contributed by atoms with Crippen LogP contribution in [0.15, 0.2) is 23.3 Å². The fourth-order valence-corrected chi connectivity index (χ4v) is 9.21. The van der Waals surface area contributed by atoms with Gasteiger partial charge in [-0.2, -0.15) is 10.5 Å². The molecular formula is C32H44N2O2. The van der Waals surface area contributed by atoms with Gasteiger partial charge in [0.2, 0.25) is 0 Å². The highest BCUT2D eigenvalue weighted by atomic mass is 16.1. The second-order valence-corrected chi connectivity index (χ2v) is 14.7. The van der Waals surface area contributed by atoms with Crippen LogP contribution in [0.2, 0.25) is 0 Å². The summed E-state index contributed by atoms with van der Waals surface area (Å²) in [6.45, 7) is 17.1. The minimum absolute atomic E-state index is 0.0179. The van der Waals surface area contributed by atoms with Gasteiger partial charge >= 0.3 is 0 Å². The van der Waals surface area contributed by atoms with Gasteiger partial charge in [0.05, 0.1) is 17.1 Å². The molecule has 36 heavy (non-hydrogen) atoms. The molecule has 0 saturated heterocycles. The highest BCUT2D eigenvalue weighted by molar-refractivity contribution is 6.04. The van der Waals surface area contributed by atoms with Crippen LogP contribution in [0.25, 0.3) is 0 Å². The van der Waals surface area contributed by atoms with Gasteiger partial charge in [0.15, 0.2) is 11.6 Å². The van der Waals surface area contributed by atoms with E-state index in [1.807, 2.05) is 26.0 Å². The fraction of sp³-hybridized carbons (Fsp3) is 0.750. The summed E-state index contributed by atoms with van der Waals surface area (Å²) >= 11 is 0. The van der Waals surface area contributed by atoms with Crippen LogP contribution in [0.3, 0.4) is 0 Å². The molecule has 0 aliphatic heterocycles. The van der Waals surface area contributed by atoms with Crippen molar-refractivity contribution in [1.82, 2.24) is 0 Å². The van der Waals surface area contributed by atoms with Crippen molar-refractivity contribution in [3.8, 4) is 12.1 Å². The van der Waals surface area contributed by atoms with Gasteiger partial charge < -0.3 is 0 Å². The molecule has 0 aromatic rings. The molecule has 194 valence electrons. The molecule has 6 atom stereocenters. The molecule has 0 heterocycles. The van der Waals surface area contributed by atoms with E-state index in [4.69, 9.17) is 0 Å². The monoisotopic (exact) mass is 488 g/mol. The fourth-order valence-electron chi connectivity index (χ4n) is 9.21. The van der Waals surface area contributed by atoms with E-state index in [1.165, 1.54) is 0 Å². The van der Waals surface area contributed by atoms with Crippen LogP contribution in [-0.4, -0.2) is 11.6 Å². The Morgan fingerprint density at radius 1 is 0.972 bits per heavy atom. The largest absolute Gasteiger partial charge is 0.295 e. The second-order valence-electron chi connectivity index (χ2n) is 14.7. The Morgan fingerprint density at radius 2 is 1.61 bits per heavy atom. The van der Waals surface area contributed by atoms with E-state index in [0.717, 1.165) is 56.9 Å². The van der Waals surface area contributed by atoms with E-state index >= 15 is 0 Å². The van der Waals surface area contributed by atoms with Crippen molar-refractivity contribution in [1.29, 1.82) is 10.5 Å². The number of nitrogens with zero attached hydrogens (tertiary/aromatic N) is 2. The quantitative estimate of drug-likeness (QED) is 0.377. The molecule has 4 heteroatoms. The van der Waals surface area contributed by atoms with Gasteiger partial charge in [-0.1, -0.05) is 60.1 Å². The number of rotatable bonds is 2. The van der Waals surface area contributed by atoms with E-state index in [1.54, 1.807) is 6.92 Å². The van der Waals surface area contributed by atoms with Crippen LogP contribution in [0, 0.1) is 67.0 Å². The molecule has 4 aliphatic rings. The first-order chi connectivity index (χ1) is 16.5. The Labute approximate surface area is 218 Å². The molecule has 3 saturated carbocycles. The van der Waals surface area contributed by atoms with Gasteiger partial charge in [-0.3, -0.25) is 9.59 Å². The van der Waals surface area contributed by atoms with Crippen LogP contribution in [0.5, 0.6) is 0 Å². The summed E-state index contributed by atoms with van der Waals surface area (Å²) in [7, 11) is 0. The number of fused-ring (bicyclic) bond motifs is 2. The molecule has 0 amide bonds. The van der Waals surface area contributed by atoms with E-state index in [9.17, 15) is 20.1 Å². The average Bonchev–Trinajstić information content (AvgIpc) is 2.78. The Hall–Kier alpha value is -2.20. The topological polar surface area (TPSA) is 81.7 Å². The third-order valence-corrected chi connectivity index (χ3v) is 11.6. The predicted octanol–water partition coefficient (Wildman–Crippen LogP) is 7.51. The van der Waals surface area contributed by atoms with Crippen LogP contribution in [0.4, 0.5) is 0 Å². The van der Waals surface area contributed by atoms with E-state index in [0.29, 0.717) is 5.92 Å². The molecule has 0 radical (unpaired) electrons. The number of carbonyl (C=O) groups excluding carboxylic acids is 2. The SMILES string of the molecule is CC(=O)/C=C1/[C@@]2(C)C=C(C#N)C(=O)C(C)(C)[C@@H]2CC[C@@]1(C)[C@]1(C)CC[C@@]2(C#N)CCC(C)(C)CC2C1. The lowest BCUT2D eigenvalue weighted by molar-refractivity contribution is -0.133. The Kier molecular flexibility index (Phi) is 6.08. The van der Waals surface area contributed by atoms with Crippen molar-refractivity contribution in [2.75, 3.05) is 0 Å². The van der Waals surface area contributed by atoms with Gasteiger partial charge in [0.1, 0.15) is 6.07 Å². The maximum absolute atomic E-state index is 13.2. The molecule has 4 nitrogen and oxygen atoms in total. The molecule has 1 unspecified atom stereocenters. The number of allylic oxidation sites excluding steroid dienone is 4. The van der Waals surface area contributed by atoms with Crippen LogP contribution >= 0.6 is 0 Å². The van der Waals surface area contributed by atoms with Crippen molar-refractivity contribution >= 4 is 11.6 Å². The Balaban J connectivity index is 1.85. The zero-order valence-corrected chi connectivity index (χ0v) is 23.7. The standard InChI is InChI=1S/C32H44N2O2/c1-21(35)15-25-30(7)16-22(19-33)26(36)28(4,5)24(30)9-10-31(25,8)29(6)12-14-32(20-34)13-11-27(2,3)17-23(32)18-29/h15-16,23-24H,9-14,17-18H2,1-8H3/b25-15-/t23?,24-,29+,30-,31+,32+/m0/s1. The summed E-state index contributed by atoms with van der Waals surface area (Å²) in [5, 5.41) is 20.2. The Bertz CT molecular complexity index is 1140. The molecule has 0 bridgehead atoms. The summed E-state index contributed by atoms with van der Waals surface area (Å²) in [5.74, 6) is 0.322. The van der Waals surface area contributed by atoms with Gasteiger partial charge in [-0.05, 0) is 92.4 Å². The van der Waals surface area contributed by atoms with Crippen LogP contribution in [-0.2, 0) is 9.59 Å². The van der Waals surface area contributed by atoms with Crippen molar-refractivity contribution < 1.29 is 9.59 Å². The number of ketones is 2. The number of hydrogen-bond donors (Lipinski definition) is 0. The first-order valence-corrected chi connectivity index (χ1v) is 13.8. The maximum Gasteiger partial charge on any atom is 0.178 e. The molecule has 0 spiro atoms. The van der Waals surface area contributed by atoms with Gasteiger partial charge in [-0.25, -0.2) is 0 Å². The third kappa shape index (κ3) is 3.66. The predicted molar refractivity (Wildman–Crippen MR) is 141 cm³/mol. The molecule has 4 rings (SSSR count). The molecule has 3 fully saturated rings. The van der Waals surface area contributed by atoms with E-state index < -0.39 is 10.8 Å². The summed E-state index contributed by atoms with van der Waals surface area (Å²) in [6, 6.07) is 4.96. The van der Waals surface area contributed by atoms with Crippen molar-refractivity contribution in [3.05, 3.63) is 23.3 Å². The van der Waals surface area contributed by atoms with Crippen molar-refractivity contribution in [3.63, 3.8) is 0 Å². The van der Waals surface area contributed by atoms with Crippen molar-refractivity contribution in [2.45, 2.75) is 107 Å². The zero-order chi connectivity index (χ0) is 26.9. The maximum atomic E-state index is 13.2. The second kappa shape index (κ2) is 8.15. The average molecular weight is 489 g/mol. The number of hydrogen-bond acceptors (Lipinski definition) is 4. The zero-order valence-electron chi connectivity index (χ0n) is 23.7. The lowest BCUT2D eigenvalue weighted by Crippen LogP contribution is -2.58. The number of Topliss-reactive ketones (excluding diaryl/α,β-unsaturated/α-hetero) is 1. The molecule has 0 aromatic carbocycles. The first kappa shape index (κ1) is 26.9. The third-order valence-electron chi connectivity index (χ3n) is 11.6. The summed E-state index contributed by atoms with van der Waals surface area (Å²) in [6.07, 6.45) is 11.5. The summed E-state index contributed by atoms with van der Waals surface area (Å²) < 4.78 is 0. The molecule has 4 aliphatic carbocycles. The lowest BCUT2D eigenvalue weighted by Gasteiger charge is -2.64. The summed E-state index contributed by atoms with van der Waals surface area (Å²) in [4.78, 5) is 25.9. The van der Waals surface area contributed by atoms with Crippen LogP contribution in [0.1, 0.15) is 107 Å².